The standard InChI is InChI=1S/C16H19NO2/c1-4-17(13-7-5-9-15(11-13)18-2)14-8-6-10-16(12-14)19-3/h5-12H,4H2,1-3H3. The number of methoxy groups -OCH3 is 2. The van der Waals surface area contributed by atoms with Gasteiger partial charge >= 0.3 is 0 Å². The molecule has 2 rings (SSSR count). The lowest BCUT2D eigenvalue weighted by atomic mass is 10.2. The largest absolute Gasteiger partial charge is 0.497 e. The highest BCUT2D eigenvalue weighted by Crippen LogP contribution is 2.30. The second-order valence-electron chi connectivity index (χ2n) is 4.15. The van der Waals surface area contributed by atoms with E-state index in [-0.39, 0.29) is 0 Å². The minimum atomic E-state index is 0.860. The van der Waals surface area contributed by atoms with Crippen molar-refractivity contribution in [1.29, 1.82) is 0 Å². The van der Waals surface area contributed by atoms with Crippen LogP contribution in [-0.4, -0.2) is 20.8 Å². The Kier molecular flexibility index (Phi) is 4.29. The van der Waals surface area contributed by atoms with Gasteiger partial charge in [0.2, 0.25) is 0 Å². The smallest absolute Gasteiger partial charge is 0.120 e. The van der Waals surface area contributed by atoms with E-state index in [4.69, 9.17) is 9.47 Å². The average Bonchev–Trinajstić information content (AvgIpc) is 2.48. The van der Waals surface area contributed by atoms with Crippen LogP contribution in [-0.2, 0) is 0 Å². The molecule has 0 aliphatic carbocycles. The maximum Gasteiger partial charge on any atom is 0.120 e. The zero-order valence-corrected chi connectivity index (χ0v) is 11.6. The van der Waals surface area contributed by atoms with Crippen LogP contribution in [0.3, 0.4) is 0 Å². The van der Waals surface area contributed by atoms with Crippen LogP contribution < -0.4 is 14.4 Å². The molecule has 0 aliphatic heterocycles. The van der Waals surface area contributed by atoms with Crippen LogP contribution in [0.2, 0.25) is 0 Å². The van der Waals surface area contributed by atoms with Crippen molar-refractivity contribution in [3.8, 4) is 11.5 Å². The second-order valence-corrected chi connectivity index (χ2v) is 4.15. The molecular weight excluding hydrogens is 238 g/mol. The van der Waals surface area contributed by atoms with Gasteiger partial charge in [-0.15, -0.1) is 0 Å². The van der Waals surface area contributed by atoms with Crippen molar-refractivity contribution in [2.75, 3.05) is 25.7 Å². The zero-order chi connectivity index (χ0) is 13.7. The van der Waals surface area contributed by atoms with E-state index in [1.807, 2.05) is 36.4 Å². The normalized spacial score (nSPS) is 10.1. The fourth-order valence-electron chi connectivity index (χ4n) is 2.07. The van der Waals surface area contributed by atoms with Gasteiger partial charge < -0.3 is 14.4 Å². The van der Waals surface area contributed by atoms with Crippen molar-refractivity contribution in [3.63, 3.8) is 0 Å². The van der Waals surface area contributed by atoms with Gasteiger partial charge in [0.05, 0.1) is 14.2 Å². The molecule has 0 unspecified atom stereocenters. The Morgan fingerprint density at radius 2 is 1.32 bits per heavy atom. The third kappa shape index (κ3) is 2.99. The number of ether oxygens (including phenoxy) is 2. The molecule has 0 radical (unpaired) electrons. The van der Waals surface area contributed by atoms with Crippen LogP contribution in [0.5, 0.6) is 11.5 Å². The Labute approximate surface area is 114 Å². The van der Waals surface area contributed by atoms with Gasteiger partial charge in [0, 0.05) is 30.1 Å². The second kappa shape index (κ2) is 6.14. The van der Waals surface area contributed by atoms with Gasteiger partial charge in [0.25, 0.3) is 0 Å². The molecule has 0 fully saturated rings. The lowest BCUT2D eigenvalue weighted by Crippen LogP contribution is -2.15. The predicted octanol–water partition coefficient (Wildman–Crippen LogP) is 3.86. The minimum Gasteiger partial charge on any atom is -0.497 e. The molecule has 2 aromatic rings. The summed E-state index contributed by atoms with van der Waals surface area (Å²) in [6.45, 7) is 3.00. The summed E-state index contributed by atoms with van der Waals surface area (Å²) in [5.74, 6) is 1.72. The number of hydrogen-bond acceptors (Lipinski definition) is 3. The van der Waals surface area contributed by atoms with Gasteiger partial charge in [-0.2, -0.15) is 0 Å². The van der Waals surface area contributed by atoms with Crippen LogP contribution >= 0.6 is 0 Å². The topological polar surface area (TPSA) is 21.7 Å². The highest BCUT2D eigenvalue weighted by molar-refractivity contribution is 5.65. The van der Waals surface area contributed by atoms with E-state index < -0.39 is 0 Å². The maximum absolute atomic E-state index is 5.28. The van der Waals surface area contributed by atoms with E-state index in [1.54, 1.807) is 14.2 Å². The third-order valence-electron chi connectivity index (χ3n) is 3.05. The van der Waals surface area contributed by atoms with Gasteiger partial charge in [0.15, 0.2) is 0 Å². The summed E-state index contributed by atoms with van der Waals surface area (Å²) in [5, 5.41) is 0. The quantitative estimate of drug-likeness (QED) is 0.811. The molecule has 0 heterocycles. The Bertz CT molecular complexity index is 492. The van der Waals surface area contributed by atoms with Crippen LogP contribution in [0.1, 0.15) is 6.92 Å². The van der Waals surface area contributed by atoms with Crippen molar-refractivity contribution < 1.29 is 9.47 Å². The lowest BCUT2D eigenvalue weighted by Gasteiger charge is -2.24. The third-order valence-corrected chi connectivity index (χ3v) is 3.05. The molecule has 100 valence electrons. The molecule has 0 aromatic heterocycles. The van der Waals surface area contributed by atoms with Gasteiger partial charge in [-0.05, 0) is 31.2 Å². The van der Waals surface area contributed by atoms with Crippen molar-refractivity contribution in [3.05, 3.63) is 48.5 Å². The average molecular weight is 257 g/mol. The summed E-state index contributed by atoms with van der Waals surface area (Å²) < 4.78 is 10.6. The first-order valence-electron chi connectivity index (χ1n) is 6.34. The van der Waals surface area contributed by atoms with Gasteiger partial charge in [-0.3, -0.25) is 0 Å². The highest BCUT2D eigenvalue weighted by Gasteiger charge is 2.08. The van der Waals surface area contributed by atoms with Crippen molar-refractivity contribution >= 4 is 11.4 Å². The number of hydrogen-bond donors (Lipinski definition) is 0. The van der Waals surface area contributed by atoms with E-state index in [1.165, 1.54) is 0 Å². The molecule has 0 saturated carbocycles. The minimum absolute atomic E-state index is 0.860. The van der Waals surface area contributed by atoms with Crippen LogP contribution in [0, 0.1) is 0 Å². The summed E-state index contributed by atoms with van der Waals surface area (Å²) in [6, 6.07) is 16.1. The molecule has 0 spiro atoms. The number of rotatable bonds is 5. The summed E-state index contributed by atoms with van der Waals surface area (Å²) >= 11 is 0. The first kappa shape index (κ1) is 13.3. The molecule has 3 heteroatoms. The molecule has 0 atom stereocenters. The number of nitrogens with zero attached hydrogens (tertiary/aromatic N) is 1. The predicted molar refractivity (Wildman–Crippen MR) is 78.7 cm³/mol. The van der Waals surface area contributed by atoms with Crippen LogP contribution in [0.4, 0.5) is 11.4 Å². The summed E-state index contributed by atoms with van der Waals surface area (Å²) in [5.41, 5.74) is 2.21. The zero-order valence-electron chi connectivity index (χ0n) is 11.6. The van der Waals surface area contributed by atoms with E-state index >= 15 is 0 Å². The number of benzene rings is 2. The molecule has 0 saturated heterocycles. The Hall–Kier alpha value is -2.16. The van der Waals surface area contributed by atoms with Crippen LogP contribution in [0.25, 0.3) is 0 Å². The summed E-state index contributed by atoms with van der Waals surface area (Å²) in [7, 11) is 3.36. The summed E-state index contributed by atoms with van der Waals surface area (Å²) in [4.78, 5) is 2.21. The maximum atomic E-state index is 5.28. The van der Waals surface area contributed by atoms with Crippen molar-refractivity contribution in [2.45, 2.75) is 6.92 Å². The number of anilines is 2. The molecule has 2 aromatic carbocycles. The molecule has 0 aliphatic rings. The van der Waals surface area contributed by atoms with Gasteiger partial charge in [0.1, 0.15) is 11.5 Å². The molecule has 0 N–H and O–H groups in total. The van der Waals surface area contributed by atoms with Gasteiger partial charge in [-0.25, -0.2) is 0 Å². The van der Waals surface area contributed by atoms with E-state index in [2.05, 4.69) is 24.0 Å². The summed E-state index contributed by atoms with van der Waals surface area (Å²) in [6.07, 6.45) is 0. The first-order chi connectivity index (χ1) is 9.28. The SMILES string of the molecule is CCN(c1cccc(OC)c1)c1cccc(OC)c1. The molecular formula is C16H19NO2. The Morgan fingerprint density at radius 1 is 0.842 bits per heavy atom. The first-order valence-corrected chi connectivity index (χ1v) is 6.34. The molecule has 0 bridgehead atoms. The highest BCUT2D eigenvalue weighted by atomic mass is 16.5. The van der Waals surface area contributed by atoms with Crippen LogP contribution in [0.15, 0.2) is 48.5 Å². The van der Waals surface area contributed by atoms with Crippen molar-refractivity contribution in [1.82, 2.24) is 0 Å². The molecule has 19 heavy (non-hydrogen) atoms. The fourth-order valence-corrected chi connectivity index (χ4v) is 2.07. The van der Waals surface area contributed by atoms with Crippen molar-refractivity contribution in [2.24, 2.45) is 0 Å². The molecule has 0 amide bonds. The van der Waals surface area contributed by atoms with Gasteiger partial charge in [-0.1, -0.05) is 12.1 Å². The van der Waals surface area contributed by atoms with E-state index in [9.17, 15) is 0 Å². The Balaban J connectivity index is 2.37. The van der Waals surface area contributed by atoms with E-state index in [0.29, 0.717) is 0 Å². The lowest BCUT2D eigenvalue weighted by molar-refractivity contribution is 0.414. The molecule has 3 nitrogen and oxygen atoms in total. The van der Waals surface area contributed by atoms with E-state index in [0.717, 1.165) is 29.4 Å². The monoisotopic (exact) mass is 257 g/mol. The Morgan fingerprint density at radius 3 is 1.68 bits per heavy atom. The fraction of sp³-hybridized carbons (Fsp3) is 0.250.